The largest absolute Gasteiger partial charge is 0.369 e. The Labute approximate surface area is 365 Å². The number of amides is 3. The molecule has 330 valence electrons. The predicted octanol–water partition coefficient (Wildman–Crippen LogP) is 4.84. The lowest BCUT2D eigenvalue weighted by Gasteiger charge is -2.49. The summed E-state index contributed by atoms with van der Waals surface area (Å²) < 4.78 is 73.0. The van der Waals surface area contributed by atoms with E-state index in [1.807, 2.05) is 35.1 Å². The normalized spacial score (nSPS) is 21.1. The number of allylic oxidation sites excluding steroid dienone is 1. The standard InChI is InChI=1S/C45H42F3N9O6S/c1-25-2-11-38(43(59)51-25)57-44(60)32-8-7-30(19-34(32)45(57)61)53-14-16-54(17-15-53)31-23-55(24-31)29-5-3-26(4-6-29)27-18-33-35(21-50-42(33)49-20-27)41(58)39-36(47)9-10-37(40(39)48)52-64(62,63)56-13-12-28(46)22-56/h3-10,18-21,28,31,38,52H,1-2,11-17,22-24H2,(H,49,50)(H,51,59)/t28-,38?/m1/s1. The van der Waals surface area contributed by atoms with Crippen molar-refractivity contribution < 1.29 is 40.8 Å². The van der Waals surface area contributed by atoms with Gasteiger partial charge in [0.2, 0.25) is 11.7 Å². The number of imide groups is 1. The van der Waals surface area contributed by atoms with E-state index >= 15 is 8.78 Å². The Hall–Kier alpha value is -6.57. The fourth-order valence-corrected chi connectivity index (χ4v) is 10.5. The molecule has 4 saturated heterocycles. The number of H-pyrrole nitrogens is 1. The van der Waals surface area contributed by atoms with Gasteiger partial charge in [-0.25, -0.2) is 18.2 Å². The number of piperidine rings is 1. The topological polar surface area (TPSA) is 171 Å². The first-order valence-corrected chi connectivity index (χ1v) is 22.4. The molecule has 10 rings (SSSR count). The lowest BCUT2D eigenvalue weighted by Crippen LogP contribution is -2.63. The molecule has 1 unspecified atom stereocenters. The maximum Gasteiger partial charge on any atom is 0.301 e. The van der Waals surface area contributed by atoms with Gasteiger partial charge in [0.15, 0.2) is 5.82 Å². The summed E-state index contributed by atoms with van der Waals surface area (Å²) in [5.41, 5.74) is 3.23. The number of carbonyl (C=O) groups excluding carboxylic acids is 4. The number of fused-ring (bicyclic) bond motifs is 2. The summed E-state index contributed by atoms with van der Waals surface area (Å²) in [7, 11) is -4.36. The van der Waals surface area contributed by atoms with E-state index in [4.69, 9.17) is 0 Å². The van der Waals surface area contributed by atoms with Crippen molar-refractivity contribution in [2.24, 2.45) is 0 Å². The molecule has 0 radical (unpaired) electrons. The molecule has 5 aliphatic heterocycles. The van der Waals surface area contributed by atoms with Crippen molar-refractivity contribution >= 4 is 61.8 Å². The summed E-state index contributed by atoms with van der Waals surface area (Å²) in [6.45, 7) is 8.10. The Morgan fingerprint density at radius 1 is 0.828 bits per heavy atom. The van der Waals surface area contributed by atoms with Gasteiger partial charge in [0, 0.05) is 104 Å². The highest BCUT2D eigenvalue weighted by molar-refractivity contribution is 7.90. The average molecular weight is 894 g/mol. The van der Waals surface area contributed by atoms with Crippen molar-refractivity contribution in [1.82, 2.24) is 29.4 Å². The van der Waals surface area contributed by atoms with Crippen molar-refractivity contribution in [3.8, 4) is 11.1 Å². The second kappa shape index (κ2) is 15.9. The predicted molar refractivity (Wildman–Crippen MR) is 232 cm³/mol. The molecule has 19 heteroatoms. The summed E-state index contributed by atoms with van der Waals surface area (Å²) in [5.74, 6) is -4.88. The molecule has 3 aromatic carbocycles. The molecule has 0 spiro atoms. The van der Waals surface area contributed by atoms with Gasteiger partial charge in [-0.2, -0.15) is 12.7 Å². The second-order valence-electron chi connectivity index (χ2n) is 16.8. The molecule has 64 heavy (non-hydrogen) atoms. The Balaban J connectivity index is 0.762. The van der Waals surface area contributed by atoms with Crippen LogP contribution in [0.1, 0.15) is 55.9 Å². The van der Waals surface area contributed by atoms with E-state index in [9.17, 15) is 32.0 Å². The zero-order chi connectivity index (χ0) is 44.6. The number of hydrogen-bond acceptors (Lipinski definition) is 10. The van der Waals surface area contributed by atoms with Crippen LogP contribution in [0.3, 0.4) is 0 Å². The maximum absolute atomic E-state index is 15.7. The number of anilines is 3. The number of nitrogens with zero attached hydrogens (tertiary/aromatic N) is 6. The number of ketones is 1. The first-order chi connectivity index (χ1) is 30.7. The van der Waals surface area contributed by atoms with Crippen molar-refractivity contribution in [2.75, 3.05) is 66.9 Å². The highest BCUT2D eigenvalue weighted by Gasteiger charge is 2.44. The lowest BCUT2D eigenvalue weighted by molar-refractivity contribution is -0.125. The molecule has 5 aromatic rings. The van der Waals surface area contributed by atoms with Crippen LogP contribution in [-0.2, 0) is 15.0 Å². The van der Waals surface area contributed by atoms with E-state index in [-0.39, 0.29) is 18.5 Å². The first kappa shape index (κ1) is 41.4. The summed E-state index contributed by atoms with van der Waals surface area (Å²) in [5, 5.41) is 2.98. The van der Waals surface area contributed by atoms with Crippen LogP contribution in [0, 0.1) is 11.6 Å². The van der Waals surface area contributed by atoms with E-state index in [0.717, 1.165) is 77.5 Å². The molecular weight excluding hydrogens is 852 g/mol. The second-order valence-corrected chi connectivity index (χ2v) is 18.4. The van der Waals surface area contributed by atoms with E-state index < -0.39 is 75.4 Å². The number of halogens is 3. The lowest BCUT2D eigenvalue weighted by atomic mass is 9.99. The van der Waals surface area contributed by atoms with Gasteiger partial charge in [-0.15, -0.1) is 0 Å². The quantitative estimate of drug-likeness (QED) is 0.130. The molecule has 5 aliphatic rings. The fourth-order valence-electron chi connectivity index (χ4n) is 9.28. The number of rotatable bonds is 10. The summed E-state index contributed by atoms with van der Waals surface area (Å²) in [6.07, 6.45) is 2.43. The van der Waals surface area contributed by atoms with Crippen LogP contribution in [0.25, 0.3) is 22.2 Å². The Morgan fingerprint density at radius 2 is 1.56 bits per heavy atom. The molecule has 0 bridgehead atoms. The summed E-state index contributed by atoms with van der Waals surface area (Å²) >= 11 is 0. The number of hydrogen-bond donors (Lipinski definition) is 3. The summed E-state index contributed by atoms with van der Waals surface area (Å²) in [6, 6.07) is 16.1. The van der Waals surface area contributed by atoms with Crippen molar-refractivity contribution in [2.45, 2.75) is 37.5 Å². The van der Waals surface area contributed by atoms with Gasteiger partial charge in [-0.3, -0.25) is 33.7 Å². The van der Waals surface area contributed by atoms with E-state index in [2.05, 4.69) is 36.6 Å². The van der Waals surface area contributed by atoms with E-state index in [1.165, 1.54) is 6.20 Å². The number of benzene rings is 3. The van der Waals surface area contributed by atoms with Gasteiger partial charge in [-0.1, -0.05) is 18.7 Å². The zero-order valence-electron chi connectivity index (χ0n) is 34.3. The van der Waals surface area contributed by atoms with Crippen LogP contribution in [-0.4, -0.2) is 127 Å². The highest BCUT2D eigenvalue weighted by Crippen LogP contribution is 2.35. The third-order valence-corrected chi connectivity index (χ3v) is 14.4. The van der Waals surface area contributed by atoms with Crippen molar-refractivity contribution in [3.63, 3.8) is 0 Å². The maximum atomic E-state index is 15.7. The molecule has 0 saturated carbocycles. The van der Waals surface area contributed by atoms with E-state index in [1.54, 1.807) is 24.4 Å². The number of aromatic amines is 1. The van der Waals surface area contributed by atoms with Gasteiger partial charge in [0.1, 0.15) is 23.7 Å². The van der Waals surface area contributed by atoms with Crippen LogP contribution < -0.4 is 19.8 Å². The summed E-state index contributed by atoms with van der Waals surface area (Å²) in [4.78, 5) is 68.3. The molecular formula is C45H42F3N9O6S. The number of carbonyl (C=O) groups is 4. The Morgan fingerprint density at radius 3 is 2.28 bits per heavy atom. The minimum absolute atomic E-state index is 0.00237. The molecule has 2 atom stereocenters. The molecule has 15 nitrogen and oxygen atoms in total. The van der Waals surface area contributed by atoms with Crippen LogP contribution in [0.5, 0.6) is 0 Å². The van der Waals surface area contributed by atoms with Crippen LogP contribution >= 0.6 is 0 Å². The molecule has 0 aliphatic carbocycles. The molecule has 3 amide bonds. The van der Waals surface area contributed by atoms with Gasteiger partial charge in [0.25, 0.3) is 11.8 Å². The Kier molecular flexibility index (Phi) is 10.3. The smallest absolute Gasteiger partial charge is 0.301 e. The SMILES string of the molecule is C=C1CCC(N2C(=O)c3ccc(N4CCN(C5CN(c6ccc(-c7cnc8[nH]cc(C(=O)c9c(F)ccc(NS(=O)(=O)N%10CC[C@@H](F)C%10)c9F)c8c7)cc6)C5)CC4)cc3C2=O)C(=O)N1. The number of piperazine rings is 1. The minimum atomic E-state index is -4.36. The van der Waals surface area contributed by atoms with Gasteiger partial charge in [0.05, 0.1) is 22.4 Å². The number of pyridine rings is 1. The van der Waals surface area contributed by atoms with Crippen LogP contribution in [0.2, 0.25) is 0 Å². The minimum Gasteiger partial charge on any atom is -0.369 e. The Bertz CT molecular complexity index is 2900. The van der Waals surface area contributed by atoms with Gasteiger partial charge < -0.3 is 20.1 Å². The van der Waals surface area contributed by atoms with Gasteiger partial charge >= 0.3 is 10.2 Å². The monoisotopic (exact) mass is 893 g/mol. The van der Waals surface area contributed by atoms with Crippen molar-refractivity contribution in [1.29, 1.82) is 0 Å². The number of nitrogens with one attached hydrogen (secondary N) is 3. The zero-order valence-corrected chi connectivity index (χ0v) is 35.1. The molecule has 4 fully saturated rings. The molecule has 7 heterocycles. The highest BCUT2D eigenvalue weighted by atomic mass is 32.2. The van der Waals surface area contributed by atoms with Crippen molar-refractivity contribution in [3.05, 3.63) is 119 Å². The van der Waals surface area contributed by atoms with Crippen LogP contribution in [0.4, 0.5) is 30.2 Å². The molecule has 3 N–H and O–H groups in total. The van der Waals surface area contributed by atoms with Gasteiger partial charge in [-0.05, 0) is 73.4 Å². The van der Waals surface area contributed by atoms with Crippen LogP contribution in [0.15, 0.2) is 85.3 Å². The first-order valence-electron chi connectivity index (χ1n) is 21.0. The molecule has 2 aromatic heterocycles. The number of alkyl halides is 1. The average Bonchev–Trinajstić information content (AvgIpc) is 3.97. The number of aromatic nitrogens is 2. The van der Waals surface area contributed by atoms with E-state index in [0.29, 0.717) is 52.3 Å². The third-order valence-electron chi connectivity index (χ3n) is 12.9. The third kappa shape index (κ3) is 7.26. The fraction of sp³-hybridized carbons (Fsp3) is 0.311.